The number of rotatable bonds is 6. The lowest BCUT2D eigenvalue weighted by Crippen LogP contribution is -2.68. The minimum Gasteiger partial charge on any atom is -0.394 e. The van der Waals surface area contributed by atoms with Gasteiger partial charge in [-0.25, -0.2) is 0 Å². The first-order valence-corrected chi connectivity index (χ1v) is 10.8. The molecule has 15 heteroatoms. The molecule has 3 aliphatic rings. The average Bonchev–Trinajstić information content (AvgIpc) is 2.79. The summed E-state index contributed by atoms with van der Waals surface area (Å²) >= 11 is 0. The van der Waals surface area contributed by atoms with Crippen molar-refractivity contribution in [2.45, 2.75) is 98.2 Å². The number of nitrogens with two attached hydrogens (primary N) is 4. The van der Waals surface area contributed by atoms with Crippen LogP contribution in [-0.2, 0) is 18.9 Å². The molecular weight excluding hydrogens is 448 g/mol. The topological polar surface area (TPSA) is 283 Å². The normalized spacial score (nSPS) is 53.7. The molecule has 13 unspecified atom stereocenters. The maximum atomic E-state index is 10.9. The summed E-state index contributed by atoms with van der Waals surface area (Å²) in [6, 6.07) is -2.86. The number of ether oxygens (including phenoxy) is 4. The summed E-state index contributed by atoms with van der Waals surface area (Å²) in [4.78, 5) is 0. The van der Waals surface area contributed by atoms with Gasteiger partial charge in [0, 0.05) is 18.6 Å². The standard InChI is InChI=1S/C18H36N4O11/c19-2-6-10(25)12(27)13(28)18(30-6)33-16-5(21)1-4(20)15(14(16)29)32-17-11(26)8(22)9(24)7(3-23)31-17/h4-18,23-29H,1-3,19-22H2/t4?,5?,6-,7?,8?,9?,10?,11?,12?,13?,14?,15?,16?,17?,18+/m0/s1. The Labute approximate surface area is 189 Å². The molecule has 2 saturated heterocycles. The zero-order valence-corrected chi connectivity index (χ0v) is 17.9. The predicted octanol–water partition coefficient (Wildman–Crippen LogP) is -7.29. The summed E-state index contributed by atoms with van der Waals surface area (Å²) in [5.74, 6) is 0. The largest absolute Gasteiger partial charge is 0.394 e. The van der Waals surface area contributed by atoms with Crippen LogP contribution in [0.5, 0.6) is 0 Å². The molecule has 15 N–H and O–H groups in total. The Hall–Kier alpha value is -0.600. The lowest BCUT2D eigenvalue weighted by Gasteiger charge is -2.48. The van der Waals surface area contributed by atoms with Gasteiger partial charge in [0.05, 0.1) is 12.6 Å². The monoisotopic (exact) mass is 484 g/mol. The van der Waals surface area contributed by atoms with E-state index in [9.17, 15) is 35.7 Å². The first-order valence-electron chi connectivity index (χ1n) is 10.8. The highest BCUT2D eigenvalue weighted by molar-refractivity contribution is 5.01. The van der Waals surface area contributed by atoms with Gasteiger partial charge in [-0.3, -0.25) is 0 Å². The van der Waals surface area contributed by atoms with Gasteiger partial charge < -0.3 is 77.6 Å². The fraction of sp³-hybridized carbons (Fsp3) is 1.00. The maximum Gasteiger partial charge on any atom is 0.187 e. The van der Waals surface area contributed by atoms with Gasteiger partial charge in [0.1, 0.15) is 61.0 Å². The van der Waals surface area contributed by atoms with Gasteiger partial charge in [0.15, 0.2) is 12.6 Å². The Morgan fingerprint density at radius 2 is 1.18 bits per heavy atom. The number of hydrogen-bond donors (Lipinski definition) is 11. The number of aliphatic hydroxyl groups is 7. The van der Waals surface area contributed by atoms with Crippen LogP contribution in [-0.4, -0.2) is 141 Å². The molecule has 2 aliphatic heterocycles. The van der Waals surface area contributed by atoms with E-state index in [0.717, 1.165) is 0 Å². The molecule has 33 heavy (non-hydrogen) atoms. The van der Waals surface area contributed by atoms with Crippen molar-refractivity contribution in [3.8, 4) is 0 Å². The van der Waals surface area contributed by atoms with Crippen LogP contribution in [0.4, 0.5) is 0 Å². The van der Waals surface area contributed by atoms with Crippen LogP contribution in [0.15, 0.2) is 0 Å². The van der Waals surface area contributed by atoms with Gasteiger partial charge in [-0.1, -0.05) is 0 Å². The quantitative estimate of drug-likeness (QED) is 0.167. The SMILES string of the molecule is NC[C@@H]1O[C@H](OC2C(N)CC(N)C(OC3OC(CO)C(O)C(N)C3O)C2O)C(O)C(O)C1O. The summed E-state index contributed by atoms with van der Waals surface area (Å²) in [6.45, 7) is -0.763. The van der Waals surface area contributed by atoms with Crippen LogP contribution in [0.3, 0.4) is 0 Å². The molecule has 0 amide bonds. The van der Waals surface area contributed by atoms with E-state index in [1.54, 1.807) is 0 Å². The lowest BCUT2D eigenvalue weighted by molar-refractivity contribution is -0.332. The molecule has 0 spiro atoms. The van der Waals surface area contributed by atoms with Gasteiger partial charge >= 0.3 is 0 Å². The van der Waals surface area contributed by atoms with E-state index in [-0.39, 0.29) is 13.0 Å². The molecule has 1 saturated carbocycles. The molecular formula is C18H36N4O11. The molecule has 3 fully saturated rings. The van der Waals surface area contributed by atoms with Crippen molar-refractivity contribution in [2.24, 2.45) is 22.9 Å². The molecule has 2 heterocycles. The Bertz CT molecular complexity index is 584. The Morgan fingerprint density at radius 3 is 1.70 bits per heavy atom. The molecule has 1 aliphatic carbocycles. The van der Waals surface area contributed by atoms with Crippen molar-refractivity contribution in [3.63, 3.8) is 0 Å². The highest BCUT2D eigenvalue weighted by Gasteiger charge is 2.51. The molecule has 0 bridgehead atoms. The van der Waals surface area contributed by atoms with Crippen LogP contribution in [0, 0.1) is 0 Å². The fourth-order valence-corrected chi connectivity index (χ4v) is 4.40. The minimum absolute atomic E-state index is 0.0849. The van der Waals surface area contributed by atoms with E-state index in [1.807, 2.05) is 0 Å². The Balaban J connectivity index is 1.72. The third-order valence-corrected chi connectivity index (χ3v) is 6.48. The summed E-state index contributed by atoms with van der Waals surface area (Å²) < 4.78 is 22.2. The lowest BCUT2D eigenvalue weighted by atomic mass is 9.84. The van der Waals surface area contributed by atoms with Crippen molar-refractivity contribution in [2.75, 3.05) is 13.2 Å². The molecule has 0 aromatic heterocycles. The number of hydrogen-bond acceptors (Lipinski definition) is 15. The second-order valence-corrected chi connectivity index (χ2v) is 8.79. The van der Waals surface area contributed by atoms with Gasteiger partial charge in [-0.05, 0) is 6.42 Å². The van der Waals surface area contributed by atoms with E-state index in [1.165, 1.54) is 0 Å². The van der Waals surface area contributed by atoms with Crippen LogP contribution in [0.25, 0.3) is 0 Å². The maximum absolute atomic E-state index is 10.9. The fourth-order valence-electron chi connectivity index (χ4n) is 4.40. The summed E-state index contributed by atoms with van der Waals surface area (Å²) in [7, 11) is 0. The molecule has 0 aromatic carbocycles. The van der Waals surface area contributed by atoms with Gasteiger partial charge in [0.25, 0.3) is 0 Å². The average molecular weight is 485 g/mol. The Morgan fingerprint density at radius 1 is 0.667 bits per heavy atom. The molecule has 15 atom stereocenters. The van der Waals surface area contributed by atoms with Crippen molar-refractivity contribution in [3.05, 3.63) is 0 Å². The van der Waals surface area contributed by atoms with E-state index in [0.29, 0.717) is 0 Å². The predicted molar refractivity (Wildman–Crippen MR) is 108 cm³/mol. The van der Waals surface area contributed by atoms with Crippen molar-refractivity contribution in [1.82, 2.24) is 0 Å². The highest BCUT2D eigenvalue weighted by Crippen LogP contribution is 2.31. The zero-order chi connectivity index (χ0) is 24.6. The number of aliphatic hydroxyl groups excluding tert-OH is 7. The Kier molecular flexibility index (Phi) is 8.99. The van der Waals surface area contributed by atoms with Crippen LogP contribution in [0.1, 0.15) is 6.42 Å². The summed E-state index contributed by atoms with van der Waals surface area (Å²) in [6.07, 6.45) is -16.5. The van der Waals surface area contributed by atoms with Crippen molar-refractivity contribution in [1.29, 1.82) is 0 Å². The molecule has 194 valence electrons. The van der Waals surface area contributed by atoms with Crippen LogP contribution < -0.4 is 22.9 Å². The molecule has 15 nitrogen and oxygen atoms in total. The third kappa shape index (κ3) is 5.32. The molecule has 3 rings (SSSR count). The summed E-state index contributed by atoms with van der Waals surface area (Å²) in [5.41, 5.74) is 23.5. The molecule has 0 radical (unpaired) electrons. The van der Waals surface area contributed by atoms with E-state index < -0.39 is 98.4 Å². The zero-order valence-electron chi connectivity index (χ0n) is 17.9. The smallest absolute Gasteiger partial charge is 0.187 e. The van der Waals surface area contributed by atoms with E-state index >= 15 is 0 Å². The highest BCUT2D eigenvalue weighted by atomic mass is 16.7. The second kappa shape index (κ2) is 11.0. The third-order valence-electron chi connectivity index (χ3n) is 6.48. The van der Waals surface area contributed by atoms with Crippen LogP contribution >= 0.6 is 0 Å². The van der Waals surface area contributed by atoms with E-state index in [4.69, 9.17) is 41.9 Å². The van der Waals surface area contributed by atoms with Crippen LogP contribution in [0.2, 0.25) is 0 Å². The van der Waals surface area contributed by atoms with Gasteiger partial charge in [-0.2, -0.15) is 0 Å². The molecule has 0 aromatic rings. The second-order valence-electron chi connectivity index (χ2n) is 8.79. The summed E-state index contributed by atoms with van der Waals surface area (Å²) in [5, 5.41) is 70.9. The first kappa shape index (κ1) is 27.0. The van der Waals surface area contributed by atoms with Gasteiger partial charge in [-0.15, -0.1) is 0 Å². The van der Waals surface area contributed by atoms with E-state index in [2.05, 4.69) is 0 Å². The van der Waals surface area contributed by atoms with Crippen molar-refractivity contribution >= 4 is 0 Å². The van der Waals surface area contributed by atoms with Crippen molar-refractivity contribution < 1.29 is 54.7 Å². The minimum atomic E-state index is -1.66. The van der Waals surface area contributed by atoms with Gasteiger partial charge in [0.2, 0.25) is 0 Å². The first-order chi connectivity index (χ1) is 15.5.